The Hall–Kier alpha value is -3.37. The summed E-state index contributed by atoms with van der Waals surface area (Å²) in [6.07, 6.45) is 3.03. The summed E-state index contributed by atoms with van der Waals surface area (Å²) in [7, 11) is 1.92. The summed E-state index contributed by atoms with van der Waals surface area (Å²) < 4.78 is 13.1. The van der Waals surface area contributed by atoms with E-state index in [9.17, 15) is 4.79 Å². The summed E-state index contributed by atoms with van der Waals surface area (Å²) in [5.74, 6) is 0.394. The Bertz CT molecular complexity index is 1660. The fourth-order valence-corrected chi connectivity index (χ4v) is 7.57. The molecule has 0 saturated heterocycles. The number of ether oxygens (including phenoxy) is 2. The number of hydrogen-bond donors (Lipinski definition) is 2. The molecule has 3 atom stereocenters. The zero-order chi connectivity index (χ0) is 30.2. The Morgan fingerprint density at radius 3 is 2.91 bits per heavy atom. The van der Waals surface area contributed by atoms with Crippen LogP contribution in [0.3, 0.4) is 0 Å². The Morgan fingerprint density at radius 1 is 1.28 bits per heavy atom. The van der Waals surface area contributed by atoms with Crippen LogP contribution in [-0.2, 0) is 16.1 Å². The third kappa shape index (κ3) is 5.67. The van der Waals surface area contributed by atoms with Gasteiger partial charge in [-0.1, -0.05) is 24.6 Å². The van der Waals surface area contributed by atoms with E-state index in [1.165, 1.54) is 15.6 Å². The molecule has 2 aromatic carbocycles. The van der Waals surface area contributed by atoms with Gasteiger partial charge in [0.1, 0.15) is 11.9 Å². The molecule has 0 fully saturated rings. The number of thiophene rings is 1. The van der Waals surface area contributed by atoms with Crippen LogP contribution in [0.4, 0.5) is 11.4 Å². The lowest BCUT2D eigenvalue weighted by molar-refractivity contribution is -0.143. The summed E-state index contributed by atoms with van der Waals surface area (Å²) in [6, 6.07) is 12.7. The van der Waals surface area contributed by atoms with Crippen molar-refractivity contribution in [1.29, 1.82) is 0 Å². The van der Waals surface area contributed by atoms with Crippen LogP contribution in [-0.4, -0.2) is 42.2 Å². The van der Waals surface area contributed by atoms with E-state index in [1.807, 2.05) is 43.4 Å². The molecule has 0 saturated carbocycles. The quantitative estimate of drug-likeness (QED) is 0.198. The number of halogens is 1. The summed E-state index contributed by atoms with van der Waals surface area (Å²) in [5, 5.41) is 5.80. The van der Waals surface area contributed by atoms with Crippen molar-refractivity contribution < 1.29 is 14.3 Å². The van der Waals surface area contributed by atoms with Gasteiger partial charge in [0.2, 0.25) is 0 Å². The SMILES string of the molecule is CCOC(=O)C[C@H](c1cc(CN2C[C@@H](CC)Oc3cccnc3[C@@H]2C)c2sccc2c1)c1cc(Cl)c2c(c1C)NNN2C. The number of hydrazine groups is 2. The maximum Gasteiger partial charge on any atom is 0.306 e. The van der Waals surface area contributed by atoms with Crippen LogP contribution in [0.25, 0.3) is 10.1 Å². The van der Waals surface area contributed by atoms with E-state index in [-0.39, 0.29) is 30.5 Å². The summed E-state index contributed by atoms with van der Waals surface area (Å²) in [5.41, 5.74) is 13.5. The van der Waals surface area contributed by atoms with E-state index >= 15 is 0 Å². The predicted molar refractivity (Wildman–Crippen MR) is 174 cm³/mol. The minimum atomic E-state index is -0.242. The number of nitrogens with zero attached hydrogens (tertiary/aromatic N) is 3. The summed E-state index contributed by atoms with van der Waals surface area (Å²) in [6.45, 7) is 10.2. The van der Waals surface area contributed by atoms with Crippen molar-refractivity contribution >= 4 is 50.4 Å². The summed E-state index contributed by atoms with van der Waals surface area (Å²) >= 11 is 8.60. The van der Waals surface area contributed by atoms with Gasteiger partial charge in [0.05, 0.1) is 41.2 Å². The first-order valence-electron chi connectivity index (χ1n) is 14.9. The highest BCUT2D eigenvalue weighted by atomic mass is 35.5. The van der Waals surface area contributed by atoms with E-state index in [1.54, 1.807) is 11.3 Å². The Kier molecular flexibility index (Phi) is 8.51. The number of pyridine rings is 1. The molecule has 0 radical (unpaired) electrons. The van der Waals surface area contributed by atoms with Gasteiger partial charge < -0.3 is 14.9 Å². The molecule has 0 amide bonds. The fraction of sp³-hybridized carbons (Fsp3) is 0.394. The molecule has 2 aromatic heterocycles. The molecule has 43 heavy (non-hydrogen) atoms. The van der Waals surface area contributed by atoms with Crippen LogP contribution in [0.15, 0.2) is 48.0 Å². The minimum absolute atomic E-state index is 0.0712. The van der Waals surface area contributed by atoms with Crippen molar-refractivity contribution in [2.45, 2.75) is 65.1 Å². The standard InChI is InChI=1S/C33H38ClN5O3S/c1-6-24-18-39(20(4)31-28(42-24)9-8-11-35-31)17-23-14-22(13-21-10-12-43-33(21)23)26(16-29(40)41-7-2)25-15-27(34)32-30(19(25)3)36-37-38(32)5/h8-15,20,24,26,36-37H,6-7,16-18H2,1-5H3/t20-,24+,26+/m0/s1. The number of esters is 1. The average molecular weight is 620 g/mol. The Balaban J connectivity index is 1.44. The van der Waals surface area contributed by atoms with E-state index in [0.717, 1.165) is 59.0 Å². The van der Waals surface area contributed by atoms with Crippen LogP contribution in [0.5, 0.6) is 5.75 Å². The van der Waals surface area contributed by atoms with Crippen LogP contribution in [0, 0.1) is 6.92 Å². The molecule has 0 unspecified atom stereocenters. The van der Waals surface area contributed by atoms with Crippen molar-refractivity contribution in [3.05, 3.63) is 80.9 Å². The molecule has 0 aliphatic carbocycles. The van der Waals surface area contributed by atoms with Gasteiger partial charge in [0.15, 0.2) is 0 Å². The van der Waals surface area contributed by atoms with Crippen molar-refractivity contribution in [3.8, 4) is 5.75 Å². The topological polar surface area (TPSA) is 79.0 Å². The lowest BCUT2D eigenvalue weighted by Gasteiger charge is -2.29. The molecule has 0 bridgehead atoms. The van der Waals surface area contributed by atoms with E-state index in [4.69, 9.17) is 26.1 Å². The molecular weight excluding hydrogens is 582 g/mol. The van der Waals surface area contributed by atoms with Crippen molar-refractivity contribution in [3.63, 3.8) is 0 Å². The van der Waals surface area contributed by atoms with Gasteiger partial charge in [0, 0.05) is 37.0 Å². The molecule has 0 spiro atoms. The minimum Gasteiger partial charge on any atom is -0.487 e. The number of anilines is 2. The number of nitrogens with one attached hydrogen (secondary N) is 2. The lowest BCUT2D eigenvalue weighted by atomic mass is 9.84. The smallest absolute Gasteiger partial charge is 0.306 e. The number of benzene rings is 2. The monoisotopic (exact) mass is 619 g/mol. The molecule has 2 aliphatic rings. The first-order valence-corrected chi connectivity index (χ1v) is 16.1. The van der Waals surface area contributed by atoms with Gasteiger partial charge in [-0.3, -0.25) is 19.7 Å². The van der Waals surface area contributed by atoms with E-state index in [0.29, 0.717) is 11.6 Å². The Morgan fingerprint density at radius 2 is 2.12 bits per heavy atom. The largest absolute Gasteiger partial charge is 0.487 e. The van der Waals surface area contributed by atoms with Gasteiger partial charge in [-0.2, -0.15) is 0 Å². The number of fused-ring (bicyclic) bond motifs is 3. The zero-order valence-corrected chi connectivity index (χ0v) is 26.8. The molecule has 2 N–H and O–H groups in total. The van der Waals surface area contributed by atoms with Crippen LogP contribution >= 0.6 is 22.9 Å². The maximum absolute atomic E-state index is 13.0. The van der Waals surface area contributed by atoms with Gasteiger partial charge in [-0.25, -0.2) is 0 Å². The normalized spacial score (nSPS) is 18.9. The third-order valence-corrected chi connectivity index (χ3v) is 9.94. The van der Waals surface area contributed by atoms with Crippen molar-refractivity contribution in [1.82, 2.24) is 15.4 Å². The molecule has 8 nitrogen and oxygen atoms in total. The highest BCUT2D eigenvalue weighted by Crippen LogP contribution is 2.45. The number of rotatable bonds is 8. The predicted octanol–water partition coefficient (Wildman–Crippen LogP) is 7.36. The average Bonchev–Trinajstić information content (AvgIpc) is 3.61. The Labute approximate surface area is 261 Å². The number of hydrogen-bond acceptors (Lipinski definition) is 9. The molecule has 6 rings (SSSR count). The van der Waals surface area contributed by atoms with Gasteiger partial charge in [-0.05, 0) is 90.5 Å². The number of carbonyl (C=O) groups excluding carboxylic acids is 1. The molecule has 226 valence electrons. The third-order valence-electron chi connectivity index (χ3n) is 8.65. The number of aromatic nitrogens is 1. The van der Waals surface area contributed by atoms with Gasteiger partial charge in [0.25, 0.3) is 0 Å². The zero-order valence-electron chi connectivity index (χ0n) is 25.2. The van der Waals surface area contributed by atoms with Crippen LogP contribution < -0.4 is 20.7 Å². The lowest BCUT2D eigenvalue weighted by Crippen LogP contribution is -2.34. The first kappa shape index (κ1) is 29.7. The molecule has 4 heterocycles. The van der Waals surface area contributed by atoms with Gasteiger partial charge >= 0.3 is 5.97 Å². The van der Waals surface area contributed by atoms with Crippen LogP contribution in [0.2, 0.25) is 5.02 Å². The second-order valence-electron chi connectivity index (χ2n) is 11.3. The second kappa shape index (κ2) is 12.3. The van der Waals surface area contributed by atoms with Gasteiger partial charge in [-0.15, -0.1) is 16.9 Å². The van der Waals surface area contributed by atoms with E-state index < -0.39 is 0 Å². The highest BCUT2D eigenvalue weighted by Gasteiger charge is 2.31. The van der Waals surface area contributed by atoms with Crippen LogP contribution in [0.1, 0.15) is 73.5 Å². The molecule has 2 aliphatic heterocycles. The van der Waals surface area contributed by atoms with Crippen molar-refractivity contribution in [2.75, 3.05) is 30.6 Å². The van der Waals surface area contributed by atoms with E-state index in [2.05, 4.69) is 60.2 Å². The molecule has 10 heteroatoms. The van der Waals surface area contributed by atoms with Crippen molar-refractivity contribution in [2.24, 2.45) is 0 Å². The highest BCUT2D eigenvalue weighted by molar-refractivity contribution is 7.17. The second-order valence-corrected chi connectivity index (χ2v) is 12.6. The maximum atomic E-state index is 13.0. The molecular formula is C33H38ClN5O3S. The first-order chi connectivity index (χ1) is 20.8. The number of carbonyl (C=O) groups is 1. The molecule has 4 aromatic rings. The fourth-order valence-electron chi connectivity index (χ4n) is 6.35. The summed E-state index contributed by atoms with van der Waals surface area (Å²) in [4.78, 5) is 20.2.